The highest BCUT2D eigenvalue weighted by molar-refractivity contribution is 6.32. The Morgan fingerprint density at radius 2 is 2.17 bits per heavy atom. The van der Waals surface area contributed by atoms with Gasteiger partial charge in [0.2, 0.25) is 5.22 Å². The molecule has 2 rings (SSSR count). The molecule has 0 aliphatic rings. The summed E-state index contributed by atoms with van der Waals surface area (Å²) in [5.74, 6) is -0.252. The Kier molecular flexibility index (Phi) is 3.72. The fourth-order valence-corrected chi connectivity index (χ4v) is 2.04. The predicted molar refractivity (Wildman–Crippen MR) is 72.2 cm³/mol. The summed E-state index contributed by atoms with van der Waals surface area (Å²) < 4.78 is 4.91. The molecule has 1 amide bonds. The van der Waals surface area contributed by atoms with E-state index in [4.69, 9.17) is 16.0 Å². The monoisotopic (exact) mass is 263 g/mol. The molecule has 4 heteroatoms. The van der Waals surface area contributed by atoms with Crippen molar-refractivity contribution in [2.75, 3.05) is 5.32 Å². The lowest BCUT2D eigenvalue weighted by Gasteiger charge is -2.12. The van der Waals surface area contributed by atoms with Crippen molar-refractivity contribution in [2.24, 2.45) is 0 Å². The summed E-state index contributed by atoms with van der Waals surface area (Å²) in [5.41, 5.74) is 3.33. The van der Waals surface area contributed by atoms with Gasteiger partial charge in [0, 0.05) is 5.69 Å². The molecule has 0 fully saturated rings. The highest BCUT2D eigenvalue weighted by Gasteiger charge is 2.15. The minimum atomic E-state index is -0.252. The zero-order valence-electron chi connectivity index (χ0n) is 10.3. The van der Waals surface area contributed by atoms with Gasteiger partial charge in [-0.2, -0.15) is 0 Å². The number of benzene rings is 1. The van der Waals surface area contributed by atoms with E-state index >= 15 is 0 Å². The average molecular weight is 264 g/mol. The zero-order valence-corrected chi connectivity index (χ0v) is 11.0. The molecule has 2 aromatic rings. The molecular formula is C14H14ClNO2. The average Bonchev–Trinajstić information content (AvgIpc) is 2.78. The van der Waals surface area contributed by atoms with Crippen LogP contribution >= 0.6 is 11.6 Å². The van der Waals surface area contributed by atoms with E-state index in [0.29, 0.717) is 5.56 Å². The fourth-order valence-electron chi connectivity index (χ4n) is 1.84. The van der Waals surface area contributed by atoms with Crippen LogP contribution in [0.2, 0.25) is 5.22 Å². The first-order valence-corrected chi connectivity index (χ1v) is 6.14. The highest BCUT2D eigenvalue weighted by Crippen LogP contribution is 2.23. The molecule has 0 bridgehead atoms. The molecule has 0 aliphatic carbocycles. The Bertz CT molecular complexity index is 575. The van der Waals surface area contributed by atoms with Crippen molar-refractivity contribution in [2.45, 2.75) is 20.3 Å². The van der Waals surface area contributed by atoms with Crippen molar-refractivity contribution < 1.29 is 9.21 Å². The SMILES string of the molecule is CCc1cccc(C)c1NC(=O)c1ccoc1Cl. The molecule has 1 aromatic heterocycles. The maximum Gasteiger partial charge on any atom is 0.260 e. The van der Waals surface area contributed by atoms with Gasteiger partial charge in [0.1, 0.15) is 0 Å². The Morgan fingerprint density at radius 1 is 1.39 bits per heavy atom. The minimum absolute atomic E-state index is 0.110. The first-order valence-electron chi connectivity index (χ1n) is 5.76. The number of nitrogens with one attached hydrogen (secondary N) is 1. The van der Waals surface area contributed by atoms with E-state index < -0.39 is 0 Å². The summed E-state index contributed by atoms with van der Waals surface area (Å²) in [4.78, 5) is 12.1. The molecule has 0 aliphatic heterocycles. The fraction of sp³-hybridized carbons (Fsp3) is 0.214. The molecule has 1 aromatic carbocycles. The maximum absolute atomic E-state index is 12.1. The van der Waals surface area contributed by atoms with Crippen LogP contribution in [0.1, 0.15) is 28.4 Å². The van der Waals surface area contributed by atoms with Gasteiger partial charge in [-0.1, -0.05) is 25.1 Å². The molecule has 0 atom stereocenters. The number of hydrogen-bond donors (Lipinski definition) is 1. The van der Waals surface area contributed by atoms with Crippen molar-refractivity contribution in [3.05, 3.63) is 52.4 Å². The van der Waals surface area contributed by atoms with Gasteiger partial charge in [-0.3, -0.25) is 4.79 Å². The van der Waals surface area contributed by atoms with Crippen LogP contribution in [0.3, 0.4) is 0 Å². The van der Waals surface area contributed by atoms with E-state index in [9.17, 15) is 4.79 Å². The Labute approximate surface area is 111 Å². The number of para-hydroxylation sites is 1. The number of halogens is 1. The maximum atomic E-state index is 12.1. The van der Waals surface area contributed by atoms with Crippen LogP contribution in [-0.4, -0.2) is 5.91 Å². The van der Waals surface area contributed by atoms with Gasteiger partial charge in [0.25, 0.3) is 5.91 Å². The number of carbonyl (C=O) groups is 1. The van der Waals surface area contributed by atoms with Crippen molar-refractivity contribution in [3.8, 4) is 0 Å². The van der Waals surface area contributed by atoms with E-state index in [1.807, 2.05) is 25.1 Å². The molecule has 1 N–H and O–H groups in total. The number of amides is 1. The van der Waals surface area contributed by atoms with E-state index in [-0.39, 0.29) is 11.1 Å². The van der Waals surface area contributed by atoms with Crippen LogP contribution < -0.4 is 5.32 Å². The van der Waals surface area contributed by atoms with Gasteiger partial charge in [-0.15, -0.1) is 0 Å². The molecule has 94 valence electrons. The number of carbonyl (C=O) groups excluding carboxylic acids is 1. The number of anilines is 1. The standard InChI is InChI=1S/C14H14ClNO2/c1-3-10-6-4-5-9(2)12(10)16-14(17)11-7-8-18-13(11)15/h4-8H,3H2,1-2H3,(H,16,17). The van der Waals surface area contributed by atoms with Crippen LogP contribution in [0.15, 0.2) is 34.9 Å². The van der Waals surface area contributed by atoms with Crippen molar-refractivity contribution in [3.63, 3.8) is 0 Å². The molecule has 0 saturated carbocycles. The van der Waals surface area contributed by atoms with Crippen molar-refractivity contribution in [1.82, 2.24) is 0 Å². The third kappa shape index (κ3) is 2.41. The highest BCUT2D eigenvalue weighted by atomic mass is 35.5. The lowest BCUT2D eigenvalue weighted by atomic mass is 10.1. The second-order valence-electron chi connectivity index (χ2n) is 4.02. The smallest absolute Gasteiger partial charge is 0.260 e. The van der Waals surface area contributed by atoms with E-state index in [1.165, 1.54) is 6.26 Å². The van der Waals surface area contributed by atoms with E-state index in [2.05, 4.69) is 12.2 Å². The van der Waals surface area contributed by atoms with Crippen LogP contribution in [0.5, 0.6) is 0 Å². The van der Waals surface area contributed by atoms with Gasteiger partial charge in [-0.05, 0) is 42.1 Å². The van der Waals surface area contributed by atoms with Crippen LogP contribution in [0, 0.1) is 6.92 Å². The predicted octanol–water partition coefficient (Wildman–Crippen LogP) is 4.06. The molecule has 0 unspecified atom stereocenters. The van der Waals surface area contributed by atoms with E-state index in [0.717, 1.165) is 23.2 Å². The molecule has 3 nitrogen and oxygen atoms in total. The number of aryl methyl sites for hydroxylation is 2. The first-order chi connectivity index (χ1) is 8.63. The molecule has 0 saturated heterocycles. The Hall–Kier alpha value is -1.74. The topological polar surface area (TPSA) is 42.2 Å². The van der Waals surface area contributed by atoms with Crippen LogP contribution in [0.25, 0.3) is 0 Å². The summed E-state index contributed by atoms with van der Waals surface area (Å²) in [5, 5.41) is 3.00. The Balaban J connectivity index is 2.30. The molecule has 1 heterocycles. The summed E-state index contributed by atoms with van der Waals surface area (Å²) in [6.07, 6.45) is 2.26. The van der Waals surface area contributed by atoms with Gasteiger partial charge in [0.05, 0.1) is 11.8 Å². The summed E-state index contributed by atoms with van der Waals surface area (Å²) >= 11 is 5.79. The minimum Gasteiger partial charge on any atom is -0.452 e. The summed E-state index contributed by atoms with van der Waals surface area (Å²) in [7, 11) is 0. The summed E-state index contributed by atoms with van der Waals surface area (Å²) in [6, 6.07) is 7.50. The first kappa shape index (κ1) is 12.7. The Morgan fingerprint density at radius 3 is 2.78 bits per heavy atom. The zero-order chi connectivity index (χ0) is 13.1. The largest absolute Gasteiger partial charge is 0.452 e. The lowest BCUT2D eigenvalue weighted by molar-refractivity contribution is 0.102. The van der Waals surface area contributed by atoms with Crippen LogP contribution in [-0.2, 0) is 6.42 Å². The quantitative estimate of drug-likeness (QED) is 0.907. The second kappa shape index (κ2) is 5.27. The van der Waals surface area contributed by atoms with Crippen LogP contribution in [0.4, 0.5) is 5.69 Å². The summed E-state index contributed by atoms with van der Waals surface area (Å²) in [6.45, 7) is 4.01. The van der Waals surface area contributed by atoms with E-state index in [1.54, 1.807) is 6.07 Å². The van der Waals surface area contributed by atoms with Gasteiger partial charge >= 0.3 is 0 Å². The second-order valence-corrected chi connectivity index (χ2v) is 4.37. The molecule has 0 radical (unpaired) electrons. The molecule has 18 heavy (non-hydrogen) atoms. The third-order valence-corrected chi connectivity index (χ3v) is 3.13. The molecule has 0 spiro atoms. The van der Waals surface area contributed by atoms with Gasteiger partial charge < -0.3 is 9.73 Å². The molecular weight excluding hydrogens is 250 g/mol. The van der Waals surface area contributed by atoms with Gasteiger partial charge in [0.15, 0.2) is 0 Å². The number of rotatable bonds is 3. The number of furan rings is 1. The van der Waals surface area contributed by atoms with Crippen molar-refractivity contribution in [1.29, 1.82) is 0 Å². The van der Waals surface area contributed by atoms with Crippen molar-refractivity contribution >= 4 is 23.2 Å². The number of hydrogen-bond acceptors (Lipinski definition) is 2. The normalized spacial score (nSPS) is 10.4. The third-order valence-electron chi connectivity index (χ3n) is 2.84. The van der Waals surface area contributed by atoms with Gasteiger partial charge in [-0.25, -0.2) is 0 Å². The lowest BCUT2D eigenvalue weighted by Crippen LogP contribution is -2.13.